The SMILES string of the molecule is COc1ccc(N2CCOC(c3ccc(C)cc3)C2)c(-c2ccc(C(C)C)cc2)n1. The second-order valence-electron chi connectivity index (χ2n) is 8.21. The van der Waals surface area contributed by atoms with Crippen LogP contribution in [0.3, 0.4) is 0 Å². The summed E-state index contributed by atoms with van der Waals surface area (Å²) < 4.78 is 11.5. The number of ether oxygens (including phenoxy) is 2. The van der Waals surface area contributed by atoms with Gasteiger partial charge in [0.1, 0.15) is 6.10 Å². The summed E-state index contributed by atoms with van der Waals surface area (Å²) in [6, 6.07) is 21.4. The van der Waals surface area contributed by atoms with Crippen molar-refractivity contribution in [3.63, 3.8) is 0 Å². The van der Waals surface area contributed by atoms with Crippen molar-refractivity contribution in [1.82, 2.24) is 4.98 Å². The average molecular weight is 403 g/mol. The summed E-state index contributed by atoms with van der Waals surface area (Å²) in [6.07, 6.45) is 0.0534. The number of hydrogen-bond donors (Lipinski definition) is 0. The fraction of sp³-hybridized carbons (Fsp3) is 0.346. The number of anilines is 1. The number of benzene rings is 2. The van der Waals surface area contributed by atoms with E-state index in [1.165, 1.54) is 16.7 Å². The third-order valence-corrected chi connectivity index (χ3v) is 5.76. The fourth-order valence-electron chi connectivity index (χ4n) is 3.89. The fourth-order valence-corrected chi connectivity index (χ4v) is 3.89. The van der Waals surface area contributed by atoms with Gasteiger partial charge in [0.15, 0.2) is 0 Å². The Balaban J connectivity index is 1.66. The maximum absolute atomic E-state index is 6.10. The molecule has 156 valence electrons. The van der Waals surface area contributed by atoms with E-state index in [0.717, 1.165) is 30.0 Å². The molecule has 4 heteroatoms. The molecule has 4 rings (SSSR count). The highest BCUT2D eigenvalue weighted by Crippen LogP contribution is 2.35. The van der Waals surface area contributed by atoms with E-state index in [2.05, 4.69) is 80.3 Å². The predicted molar refractivity (Wildman–Crippen MR) is 122 cm³/mol. The van der Waals surface area contributed by atoms with Crippen molar-refractivity contribution in [2.45, 2.75) is 32.8 Å². The molecule has 0 saturated carbocycles. The number of rotatable bonds is 5. The summed E-state index contributed by atoms with van der Waals surface area (Å²) in [5.74, 6) is 1.14. The van der Waals surface area contributed by atoms with Gasteiger partial charge in [0.25, 0.3) is 0 Å². The second kappa shape index (κ2) is 8.88. The molecule has 4 nitrogen and oxygen atoms in total. The molecule has 1 fully saturated rings. The Morgan fingerprint density at radius 2 is 1.73 bits per heavy atom. The lowest BCUT2D eigenvalue weighted by Crippen LogP contribution is -2.38. The van der Waals surface area contributed by atoms with E-state index in [9.17, 15) is 0 Å². The summed E-state index contributed by atoms with van der Waals surface area (Å²) in [5.41, 5.74) is 6.98. The van der Waals surface area contributed by atoms with E-state index >= 15 is 0 Å². The van der Waals surface area contributed by atoms with Gasteiger partial charge in [-0.3, -0.25) is 0 Å². The Kier molecular flexibility index (Phi) is 6.05. The Bertz CT molecular complexity index is 981. The Morgan fingerprint density at radius 1 is 1.00 bits per heavy atom. The Morgan fingerprint density at radius 3 is 2.40 bits per heavy atom. The number of nitrogens with zero attached hydrogens (tertiary/aromatic N) is 2. The van der Waals surface area contributed by atoms with Crippen LogP contribution in [0.15, 0.2) is 60.7 Å². The molecule has 0 radical (unpaired) electrons. The summed E-state index contributed by atoms with van der Waals surface area (Å²) in [4.78, 5) is 7.20. The van der Waals surface area contributed by atoms with Crippen LogP contribution in [0, 0.1) is 6.92 Å². The highest BCUT2D eigenvalue weighted by atomic mass is 16.5. The molecule has 2 aromatic carbocycles. The van der Waals surface area contributed by atoms with Crippen LogP contribution in [0.25, 0.3) is 11.3 Å². The van der Waals surface area contributed by atoms with E-state index < -0.39 is 0 Å². The molecular formula is C26H30N2O2. The number of aromatic nitrogens is 1. The van der Waals surface area contributed by atoms with Crippen LogP contribution < -0.4 is 9.64 Å². The van der Waals surface area contributed by atoms with Gasteiger partial charge < -0.3 is 14.4 Å². The van der Waals surface area contributed by atoms with Crippen molar-refractivity contribution < 1.29 is 9.47 Å². The monoisotopic (exact) mass is 402 g/mol. The first-order valence-electron chi connectivity index (χ1n) is 10.6. The highest BCUT2D eigenvalue weighted by molar-refractivity contribution is 5.76. The van der Waals surface area contributed by atoms with E-state index in [1.807, 2.05) is 6.07 Å². The van der Waals surface area contributed by atoms with Crippen LogP contribution in [-0.4, -0.2) is 31.8 Å². The number of aryl methyl sites for hydroxylation is 1. The maximum Gasteiger partial charge on any atom is 0.213 e. The van der Waals surface area contributed by atoms with Gasteiger partial charge in [-0.1, -0.05) is 67.9 Å². The lowest BCUT2D eigenvalue weighted by molar-refractivity contribution is 0.0398. The molecule has 1 aromatic heterocycles. The number of morpholine rings is 1. The summed E-state index contributed by atoms with van der Waals surface area (Å²) in [6.45, 7) is 8.86. The smallest absolute Gasteiger partial charge is 0.213 e. The van der Waals surface area contributed by atoms with Gasteiger partial charge in [-0.2, -0.15) is 0 Å². The molecule has 1 aliphatic heterocycles. The largest absolute Gasteiger partial charge is 0.481 e. The van der Waals surface area contributed by atoms with Crippen LogP contribution in [0.5, 0.6) is 5.88 Å². The molecule has 0 N–H and O–H groups in total. The lowest BCUT2D eigenvalue weighted by atomic mass is 9.99. The van der Waals surface area contributed by atoms with Gasteiger partial charge in [0.2, 0.25) is 5.88 Å². The van der Waals surface area contributed by atoms with E-state index in [1.54, 1.807) is 7.11 Å². The van der Waals surface area contributed by atoms with Crippen molar-refractivity contribution >= 4 is 5.69 Å². The third-order valence-electron chi connectivity index (χ3n) is 5.76. The molecule has 3 aromatic rings. The van der Waals surface area contributed by atoms with Crippen LogP contribution >= 0.6 is 0 Å². The zero-order valence-corrected chi connectivity index (χ0v) is 18.3. The molecule has 1 atom stereocenters. The molecular weight excluding hydrogens is 372 g/mol. The van der Waals surface area contributed by atoms with E-state index in [0.29, 0.717) is 18.4 Å². The van der Waals surface area contributed by atoms with Crippen molar-refractivity contribution in [3.05, 3.63) is 77.4 Å². The van der Waals surface area contributed by atoms with Gasteiger partial charge >= 0.3 is 0 Å². The van der Waals surface area contributed by atoms with Crippen molar-refractivity contribution in [3.8, 4) is 17.1 Å². The highest BCUT2D eigenvalue weighted by Gasteiger charge is 2.25. The average Bonchev–Trinajstić information content (AvgIpc) is 2.79. The summed E-state index contributed by atoms with van der Waals surface area (Å²) in [5, 5.41) is 0. The van der Waals surface area contributed by atoms with Crippen molar-refractivity contribution in [1.29, 1.82) is 0 Å². The first kappa shape index (κ1) is 20.4. The zero-order valence-electron chi connectivity index (χ0n) is 18.3. The normalized spacial score (nSPS) is 16.7. The Labute approximate surface area is 179 Å². The van der Waals surface area contributed by atoms with Crippen LogP contribution in [0.2, 0.25) is 0 Å². The standard InChI is InChI=1S/C26H30N2O2/c1-18(2)20-9-11-22(12-10-20)26-23(13-14-25(27-26)29-4)28-15-16-30-24(17-28)21-7-5-19(3)6-8-21/h5-14,18,24H,15-17H2,1-4H3. The van der Waals surface area contributed by atoms with Crippen LogP contribution in [-0.2, 0) is 4.74 Å². The quantitative estimate of drug-likeness (QED) is 0.543. The minimum Gasteiger partial charge on any atom is -0.481 e. The minimum absolute atomic E-state index is 0.0534. The predicted octanol–water partition coefficient (Wildman–Crippen LogP) is 5.77. The first-order valence-corrected chi connectivity index (χ1v) is 10.6. The van der Waals surface area contributed by atoms with Crippen molar-refractivity contribution in [2.24, 2.45) is 0 Å². The summed E-state index contributed by atoms with van der Waals surface area (Å²) in [7, 11) is 1.66. The number of methoxy groups -OCH3 is 1. The molecule has 0 aliphatic carbocycles. The topological polar surface area (TPSA) is 34.6 Å². The first-order chi connectivity index (χ1) is 14.5. The van der Waals surface area contributed by atoms with Crippen LogP contribution in [0.1, 0.15) is 42.6 Å². The van der Waals surface area contributed by atoms with Gasteiger partial charge in [-0.25, -0.2) is 4.98 Å². The van der Waals surface area contributed by atoms with Gasteiger partial charge in [-0.05, 0) is 30.0 Å². The number of pyridine rings is 1. The van der Waals surface area contributed by atoms with E-state index in [4.69, 9.17) is 14.5 Å². The molecule has 0 amide bonds. The van der Waals surface area contributed by atoms with Gasteiger partial charge in [0.05, 0.1) is 25.1 Å². The molecule has 1 aliphatic rings. The second-order valence-corrected chi connectivity index (χ2v) is 8.21. The molecule has 1 unspecified atom stereocenters. The van der Waals surface area contributed by atoms with Gasteiger partial charge in [0, 0.05) is 24.7 Å². The summed E-state index contributed by atoms with van der Waals surface area (Å²) >= 11 is 0. The third kappa shape index (κ3) is 4.34. The van der Waals surface area contributed by atoms with E-state index in [-0.39, 0.29) is 6.10 Å². The Hall–Kier alpha value is -2.85. The zero-order chi connectivity index (χ0) is 21.1. The van der Waals surface area contributed by atoms with Crippen molar-refractivity contribution in [2.75, 3.05) is 31.7 Å². The van der Waals surface area contributed by atoms with Crippen LogP contribution in [0.4, 0.5) is 5.69 Å². The molecule has 0 spiro atoms. The molecule has 0 bridgehead atoms. The lowest BCUT2D eigenvalue weighted by Gasteiger charge is -2.35. The number of hydrogen-bond acceptors (Lipinski definition) is 4. The maximum atomic E-state index is 6.10. The minimum atomic E-state index is 0.0534. The molecule has 1 saturated heterocycles. The molecule has 2 heterocycles. The van der Waals surface area contributed by atoms with Gasteiger partial charge in [-0.15, -0.1) is 0 Å². The molecule has 30 heavy (non-hydrogen) atoms.